The number of hydrogen-bond donors (Lipinski definition) is 2. The molecule has 2 heterocycles. The van der Waals surface area contributed by atoms with Crippen LogP contribution in [0.5, 0.6) is 0 Å². The van der Waals surface area contributed by atoms with Crippen LogP contribution in [0.3, 0.4) is 0 Å². The Morgan fingerprint density at radius 3 is 2.81 bits per heavy atom. The largest absolute Gasteiger partial charge is 0.468 e. The summed E-state index contributed by atoms with van der Waals surface area (Å²) < 4.78 is 4.86. The Hall–Kier alpha value is -0.610. The molecule has 0 aromatic carbocycles. The van der Waals surface area contributed by atoms with Gasteiger partial charge in [-0.2, -0.15) is 0 Å². The molecule has 2 saturated heterocycles. The van der Waals surface area contributed by atoms with Crippen molar-refractivity contribution in [2.75, 3.05) is 26.7 Å². The molecule has 0 aromatic rings. The predicted octanol–water partition coefficient (Wildman–Crippen LogP) is 0.527. The third kappa shape index (κ3) is 2.23. The van der Waals surface area contributed by atoms with Crippen LogP contribution in [0.1, 0.15) is 26.2 Å². The molecule has 4 nitrogen and oxygen atoms in total. The molecule has 16 heavy (non-hydrogen) atoms. The minimum Gasteiger partial charge on any atom is -0.468 e. The van der Waals surface area contributed by atoms with E-state index in [1.54, 1.807) is 0 Å². The Morgan fingerprint density at radius 2 is 2.19 bits per heavy atom. The van der Waals surface area contributed by atoms with Crippen LogP contribution < -0.4 is 10.6 Å². The van der Waals surface area contributed by atoms with E-state index in [-0.39, 0.29) is 5.97 Å². The van der Waals surface area contributed by atoms with E-state index in [1.807, 2.05) is 6.92 Å². The van der Waals surface area contributed by atoms with Gasteiger partial charge in [0.25, 0.3) is 0 Å². The number of rotatable bonds is 2. The second kappa shape index (κ2) is 4.72. The molecule has 4 heteroatoms. The monoisotopic (exact) mass is 226 g/mol. The van der Waals surface area contributed by atoms with Crippen LogP contribution in [0.4, 0.5) is 0 Å². The Bertz CT molecular complexity index is 264. The number of methoxy groups -OCH3 is 1. The average Bonchev–Trinajstić information content (AvgIpc) is 2.73. The van der Waals surface area contributed by atoms with Crippen molar-refractivity contribution in [2.45, 2.75) is 31.7 Å². The zero-order valence-electron chi connectivity index (χ0n) is 10.2. The molecular formula is C12H22N2O2. The third-order valence-corrected chi connectivity index (χ3v) is 4.06. The van der Waals surface area contributed by atoms with Crippen molar-refractivity contribution in [2.24, 2.45) is 11.8 Å². The minimum absolute atomic E-state index is 0.126. The number of esters is 1. The van der Waals surface area contributed by atoms with Gasteiger partial charge in [0.1, 0.15) is 5.54 Å². The van der Waals surface area contributed by atoms with Crippen molar-refractivity contribution in [1.82, 2.24) is 10.6 Å². The number of carbonyl (C=O) groups excluding carboxylic acids is 1. The molecule has 0 aliphatic carbocycles. The molecule has 92 valence electrons. The molecule has 0 radical (unpaired) electrons. The van der Waals surface area contributed by atoms with Gasteiger partial charge in [0.2, 0.25) is 0 Å². The fourth-order valence-electron chi connectivity index (χ4n) is 3.02. The summed E-state index contributed by atoms with van der Waals surface area (Å²) in [7, 11) is 1.46. The lowest BCUT2D eigenvalue weighted by Gasteiger charge is -2.28. The van der Waals surface area contributed by atoms with Crippen LogP contribution in [-0.4, -0.2) is 38.3 Å². The van der Waals surface area contributed by atoms with Crippen molar-refractivity contribution in [3.05, 3.63) is 0 Å². The molecule has 3 atom stereocenters. The summed E-state index contributed by atoms with van der Waals surface area (Å²) in [6, 6.07) is 0. The maximum atomic E-state index is 11.7. The van der Waals surface area contributed by atoms with E-state index in [1.165, 1.54) is 20.0 Å². The van der Waals surface area contributed by atoms with Crippen LogP contribution in [0.15, 0.2) is 0 Å². The SMILES string of the molecule is COC(=O)C1(C)CC(C2CCCNC2)CN1. The standard InChI is InChI=1S/C12H22N2O2/c1-12(11(15)16-2)6-10(8-14-12)9-4-3-5-13-7-9/h9-10,13-14H,3-8H2,1-2H3. The molecule has 0 bridgehead atoms. The van der Waals surface area contributed by atoms with Gasteiger partial charge < -0.3 is 15.4 Å². The smallest absolute Gasteiger partial charge is 0.325 e. The minimum atomic E-state index is -0.461. The maximum Gasteiger partial charge on any atom is 0.325 e. The van der Waals surface area contributed by atoms with E-state index in [9.17, 15) is 4.79 Å². The van der Waals surface area contributed by atoms with E-state index in [0.717, 1.165) is 26.1 Å². The van der Waals surface area contributed by atoms with Crippen molar-refractivity contribution in [3.8, 4) is 0 Å². The van der Waals surface area contributed by atoms with E-state index < -0.39 is 5.54 Å². The first-order chi connectivity index (χ1) is 7.65. The lowest BCUT2D eigenvalue weighted by atomic mass is 9.82. The second-order valence-corrected chi connectivity index (χ2v) is 5.28. The zero-order chi connectivity index (χ0) is 11.6. The summed E-state index contributed by atoms with van der Waals surface area (Å²) in [5, 5.41) is 6.77. The molecular weight excluding hydrogens is 204 g/mol. The number of piperidine rings is 1. The molecule has 3 unspecified atom stereocenters. The Morgan fingerprint density at radius 1 is 1.38 bits per heavy atom. The van der Waals surface area contributed by atoms with Gasteiger partial charge >= 0.3 is 5.97 Å². The summed E-state index contributed by atoms with van der Waals surface area (Å²) >= 11 is 0. The lowest BCUT2D eigenvalue weighted by molar-refractivity contribution is -0.147. The molecule has 0 saturated carbocycles. The van der Waals surface area contributed by atoms with Gasteiger partial charge in [0.05, 0.1) is 7.11 Å². The van der Waals surface area contributed by atoms with E-state index >= 15 is 0 Å². The highest BCUT2D eigenvalue weighted by molar-refractivity contribution is 5.80. The molecule has 2 aliphatic rings. The Balaban J connectivity index is 1.93. The van der Waals surface area contributed by atoms with Crippen molar-refractivity contribution in [1.29, 1.82) is 0 Å². The molecule has 0 spiro atoms. The number of ether oxygens (including phenoxy) is 1. The zero-order valence-corrected chi connectivity index (χ0v) is 10.2. The number of hydrogen-bond acceptors (Lipinski definition) is 4. The fourth-order valence-corrected chi connectivity index (χ4v) is 3.02. The van der Waals surface area contributed by atoms with E-state index in [0.29, 0.717) is 11.8 Å². The molecule has 2 N–H and O–H groups in total. The lowest BCUT2D eigenvalue weighted by Crippen LogP contribution is -2.45. The quantitative estimate of drug-likeness (QED) is 0.674. The highest BCUT2D eigenvalue weighted by Crippen LogP contribution is 2.33. The van der Waals surface area contributed by atoms with Gasteiger partial charge in [-0.15, -0.1) is 0 Å². The van der Waals surface area contributed by atoms with Crippen LogP contribution >= 0.6 is 0 Å². The fraction of sp³-hybridized carbons (Fsp3) is 0.917. The van der Waals surface area contributed by atoms with Crippen molar-refractivity contribution < 1.29 is 9.53 Å². The van der Waals surface area contributed by atoms with Gasteiger partial charge in [-0.05, 0) is 57.7 Å². The molecule has 2 rings (SSSR count). The van der Waals surface area contributed by atoms with Crippen LogP contribution in [0, 0.1) is 11.8 Å². The summed E-state index contributed by atoms with van der Waals surface area (Å²) in [5.74, 6) is 1.20. The maximum absolute atomic E-state index is 11.7. The number of carbonyl (C=O) groups is 1. The van der Waals surface area contributed by atoms with Crippen molar-refractivity contribution in [3.63, 3.8) is 0 Å². The molecule has 2 fully saturated rings. The van der Waals surface area contributed by atoms with Crippen LogP contribution in [0.25, 0.3) is 0 Å². The predicted molar refractivity (Wildman–Crippen MR) is 62.1 cm³/mol. The summed E-state index contributed by atoms with van der Waals surface area (Å²) in [6.07, 6.45) is 3.46. The van der Waals surface area contributed by atoms with E-state index in [2.05, 4.69) is 10.6 Å². The van der Waals surface area contributed by atoms with Gasteiger partial charge in [0.15, 0.2) is 0 Å². The Labute approximate surface area is 97.1 Å². The van der Waals surface area contributed by atoms with Gasteiger partial charge in [-0.25, -0.2) is 0 Å². The molecule has 0 aromatic heterocycles. The molecule has 2 aliphatic heterocycles. The van der Waals surface area contributed by atoms with Crippen molar-refractivity contribution >= 4 is 5.97 Å². The first kappa shape index (κ1) is 11.9. The van der Waals surface area contributed by atoms with Gasteiger partial charge in [0, 0.05) is 0 Å². The van der Waals surface area contributed by atoms with Gasteiger partial charge in [-0.3, -0.25) is 4.79 Å². The third-order valence-electron chi connectivity index (χ3n) is 4.06. The summed E-state index contributed by atoms with van der Waals surface area (Å²) in [4.78, 5) is 11.7. The first-order valence-corrected chi connectivity index (χ1v) is 6.20. The average molecular weight is 226 g/mol. The number of nitrogens with one attached hydrogen (secondary N) is 2. The van der Waals surface area contributed by atoms with Crippen LogP contribution in [0.2, 0.25) is 0 Å². The Kier molecular flexibility index (Phi) is 3.50. The summed E-state index contributed by atoms with van der Waals surface area (Å²) in [5.41, 5.74) is -0.461. The van der Waals surface area contributed by atoms with Gasteiger partial charge in [-0.1, -0.05) is 0 Å². The molecule has 0 amide bonds. The second-order valence-electron chi connectivity index (χ2n) is 5.28. The summed E-state index contributed by atoms with van der Waals surface area (Å²) in [6.45, 7) is 5.14. The van der Waals surface area contributed by atoms with Crippen LogP contribution in [-0.2, 0) is 9.53 Å². The highest BCUT2D eigenvalue weighted by atomic mass is 16.5. The topological polar surface area (TPSA) is 50.4 Å². The first-order valence-electron chi connectivity index (χ1n) is 6.20. The normalized spacial score (nSPS) is 39.6. The highest BCUT2D eigenvalue weighted by Gasteiger charge is 2.44. The van der Waals surface area contributed by atoms with E-state index in [4.69, 9.17) is 4.74 Å².